The standard InChI is InChI=1S/C15H18N4O2/c1-11-4-3-5-12(10-11)15(20)17-14-7-6-13(18-19-14)16-8-9-21-2/h3-7,10H,8-9H2,1-2H3,(H,16,18)(H,17,19,20). The van der Waals surface area contributed by atoms with Gasteiger partial charge in [0.25, 0.3) is 5.91 Å². The zero-order valence-corrected chi connectivity index (χ0v) is 12.1. The lowest BCUT2D eigenvalue weighted by atomic mass is 10.1. The van der Waals surface area contributed by atoms with Gasteiger partial charge in [-0.25, -0.2) is 0 Å². The number of anilines is 2. The van der Waals surface area contributed by atoms with Crippen LogP contribution in [0.5, 0.6) is 0 Å². The second-order valence-electron chi connectivity index (χ2n) is 4.55. The molecule has 0 aliphatic rings. The van der Waals surface area contributed by atoms with Crippen LogP contribution in [-0.2, 0) is 4.74 Å². The Bertz CT molecular complexity index is 599. The lowest BCUT2D eigenvalue weighted by Gasteiger charge is -2.06. The van der Waals surface area contributed by atoms with Crippen molar-refractivity contribution in [3.8, 4) is 0 Å². The number of amides is 1. The smallest absolute Gasteiger partial charge is 0.256 e. The summed E-state index contributed by atoms with van der Waals surface area (Å²) in [6.07, 6.45) is 0. The van der Waals surface area contributed by atoms with Crippen LogP contribution < -0.4 is 10.6 Å². The second kappa shape index (κ2) is 7.35. The van der Waals surface area contributed by atoms with Crippen molar-refractivity contribution in [3.05, 3.63) is 47.5 Å². The van der Waals surface area contributed by atoms with Crippen molar-refractivity contribution >= 4 is 17.5 Å². The Morgan fingerprint density at radius 3 is 2.62 bits per heavy atom. The maximum absolute atomic E-state index is 12.1. The van der Waals surface area contributed by atoms with Gasteiger partial charge in [-0.2, -0.15) is 0 Å². The van der Waals surface area contributed by atoms with Crippen molar-refractivity contribution in [2.24, 2.45) is 0 Å². The van der Waals surface area contributed by atoms with Gasteiger partial charge < -0.3 is 15.4 Å². The molecular weight excluding hydrogens is 268 g/mol. The van der Waals surface area contributed by atoms with Gasteiger partial charge in [-0.1, -0.05) is 17.7 Å². The van der Waals surface area contributed by atoms with Crippen LogP contribution in [0.4, 0.5) is 11.6 Å². The molecule has 0 saturated carbocycles. The lowest BCUT2D eigenvalue weighted by molar-refractivity contribution is 0.102. The first-order chi connectivity index (χ1) is 10.2. The third-order valence-corrected chi connectivity index (χ3v) is 2.80. The van der Waals surface area contributed by atoms with Crippen LogP contribution in [0.25, 0.3) is 0 Å². The minimum absolute atomic E-state index is 0.201. The zero-order valence-electron chi connectivity index (χ0n) is 12.1. The van der Waals surface area contributed by atoms with Crippen molar-refractivity contribution in [2.75, 3.05) is 30.9 Å². The summed E-state index contributed by atoms with van der Waals surface area (Å²) < 4.78 is 4.93. The van der Waals surface area contributed by atoms with Crippen LogP contribution in [0.1, 0.15) is 15.9 Å². The van der Waals surface area contributed by atoms with Gasteiger partial charge in [-0.15, -0.1) is 10.2 Å². The number of rotatable bonds is 6. The predicted molar refractivity (Wildman–Crippen MR) is 81.5 cm³/mol. The van der Waals surface area contributed by atoms with Crippen molar-refractivity contribution in [3.63, 3.8) is 0 Å². The molecule has 1 aromatic carbocycles. The first kappa shape index (κ1) is 14.9. The maximum Gasteiger partial charge on any atom is 0.256 e. The van der Waals surface area contributed by atoms with E-state index in [4.69, 9.17) is 4.74 Å². The van der Waals surface area contributed by atoms with Gasteiger partial charge in [-0.05, 0) is 31.2 Å². The first-order valence-corrected chi connectivity index (χ1v) is 6.63. The monoisotopic (exact) mass is 286 g/mol. The number of aryl methyl sites for hydroxylation is 1. The average Bonchev–Trinajstić information content (AvgIpc) is 2.49. The molecule has 0 spiro atoms. The van der Waals surface area contributed by atoms with E-state index in [0.29, 0.717) is 30.4 Å². The van der Waals surface area contributed by atoms with E-state index in [2.05, 4.69) is 20.8 Å². The molecule has 2 aromatic rings. The van der Waals surface area contributed by atoms with Crippen molar-refractivity contribution < 1.29 is 9.53 Å². The molecule has 2 N–H and O–H groups in total. The fraction of sp³-hybridized carbons (Fsp3) is 0.267. The lowest BCUT2D eigenvalue weighted by Crippen LogP contribution is -2.14. The molecule has 0 fully saturated rings. The van der Waals surface area contributed by atoms with E-state index in [1.807, 2.05) is 25.1 Å². The molecule has 1 amide bonds. The Balaban J connectivity index is 1.95. The highest BCUT2D eigenvalue weighted by Crippen LogP contribution is 2.09. The topological polar surface area (TPSA) is 76.1 Å². The van der Waals surface area contributed by atoms with E-state index >= 15 is 0 Å². The third kappa shape index (κ3) is 4.54. The van der Waals surface area contributed by atoms with Gasteiger partial charge in [-0.3, -0.25) is 4.79 Å². The molecule has 6 heteroatoms. The number of nitrogens with zero attached hydrogens (tertiary/aromatic N) is 2. The fourth-order valence-corrected chi connectivity index (χ4v) is 1.75. The van der Waals surface area contributed by atoms with Gasteiger partial charge in [0.1, 0.15) is 5.82 Å². The summed E-state index contributed by atoms with van der Waals surface area (Å²) in [4.78, 5) is 12.1. The number of hydrogen-bond donors (Lipinski definition) is 2. The Kier molecular flexibility index (Phi) is 5.22. The number of nitrogens with one attached hydrogen (secondary N) is 2. The zero-order chi connectivity index (χ0) is 15.1. The van der Waals surface area contributed by atoms with Crippen molar-refractivity contribution in [1.82, 2.24) is 10.2 Å². The van der Waals surface area contributed by atoms with Gasteiger partial charge in [0, 0.05) is 19.2 Å². The molecule has 2 rings (SSSR count). The number of methoxy groups -OCH3 is 1. The van der Waals surface area contributed by atoms with E-state index in [-0.39, 0.29) is 5.91 Å². The molecule has 0 saturated heterocycles. The van der Waals surface area contributed by atoms with Crippen LogP contribution >= 0.6 is 0 Å². The molecular formula is C15H18N4O2. The van der Waals surface area contributed by atoms with Gasteiger partial charge in [0.15, 0.2) is 5.82 Å². The molecule has 0 radical (unpaired) electrons. The predicted octanol–water partition coefficient (Wildman–Crippen LogP) is 2.10. The van der Waals surface area contributed by atoms with Crippen LogP contribution in [0, 0.1) is 6.92 Å². The maximum atomic E-state index is 12.1. The van der Waals surface area contributed by atoms with Gasteiger partial charge >= 0.3 is 0 Å². The summed E-state index contributed by atoms with van der Waals surface area (Å²) in [5, 5.41) is 13.7. The molecule has 1 heterocycles. The van der Waals surface area contributed by atoms with Gasteiger partial charge in [0.05, 0.1) is 6.61 Å². The highest BCUT2D eigenvalue weighted by Gasteiger charge is 2.07. The number of benzene rings is 1. The van der Waals surface area contributed by atoms with E-state index in [9.17, 15) is 4.79 Å². The quantitative estimate of drug-likeness (QED) is 0.795. The van der Waals surface area contributed by atoms with E-state index in [1.54, 1.807) is 25.3 Å². The summed E-state index contributed by atoms with van der Waals surface area (Å²) in [5.74, 6) is 0.854. The summed E-state index contributed by atoms with van der Waals surface area (Å²) >= 11 is 0. The average molecular weight is 286 g/mol. The molecule has 0 atom stereocenters. The Morgan fingerprint density at radius 1 is 1.19 bits per heavy atom. The summed E-state index contributed by atoms with van der Waals surface area (Å²) in [5.41, 5.74) is 1.63. The van der Waals surface area contributed by atoms with Crippen LogP contribution in [-0.4, -0.2) is 36.4 Å². The summed E-state index contributed by atoms with van der Waals surface area (Å²) in [6.45, 7) is 3.19. The molecule has 21 heavy (non-hydrogen) atoms. The Hall–Kier alpha value is -2.47. The van der Waals surface area contributed by atoms with E-state index in [1.165, 1.54) is 0 Å². The number of aromatic nitrogens is 2. The van der Waals surface area contributed by atoms with Crippen molar-refractivity contribution in [2.45, 2.75) is 6.92 Å². The number of carbonyl (C=O) groups is 1. The van der Waals surface area contributed by atoms with Crippen LogP contribution in [0.3, 0.4) is 0 Å². The Morgan fingerprint density at radius 2 is 1.95 bits per heavy atom. The van der Waals surface area contributed by atoms with E-state index < -0.39 is 0 Å². The first-order valence-electron chi connectivity index (χ1n) is 6.63. The van der Waals surface area contributed by atoms with Gasteiger partial charge in [0.2, 0.25) is 0 Å². The van der Waals surface area contributed by atoms with Crippen LogP contribution in [0.15, 0.2) is 36.4 Å². The summed E-state index contributed by atoms with van der Waals surface area (Å²) in [6, 6.07) is 10.8. The molecule has 0 unspecified atom stereocenters. The molecule has 110 valence electrons. The molecule has 1 aromatic heterocycles. The number of hydrogen-bond acceptors (Lipinski definition) is 5. The minimum atomic E-state index is -0.201. The molecule has 6 nitrogen and oxygen atoms in total. The Labute approximate surface area is 123 Å². The number of ether oxygens (including phenoxy) is 1. The third-order valence-electron chi connectivity index (χ3n) is 2.80. The number of carbonyl (C=O) groups excluding carboxylic acids is 1. The minimum Gasteiger partial charge on any atom is -0.383 e. The largest absolute Gasteiger partial charge is 0.383 e. The van der Waals surface area contributed by atoms with E-state index in [0.717, 1.165) is 5.56 Å². The summed E-state index contributed by atoms with van der Waals surface area (Å²) in [7, 11) is 1.64. The highest BCUT2D eigenvalue weighted by molar-refractivity contribution is 6.03. The molecule has 0 aliphatic carbocycles. The molecule has 0 aliphatic heterocycles. The SMILES string of the molecule is COCCNc1ccc(NC(=O)c2cccc(C)c2)nn1. The highest BCUT2D eigenvalue weighted by atomic mass is 16.5. The fourth-order valence-electron chi connectivity index (χ4n) is 1.75. The normalized spacial score (nSPS) is 10.2. The molecule has 0 bridgehead atoms. The van der Waals surface area contributed by atoms with Crippen molar-refractivity contribution in [1.29, 1.82) is 0 Å². The second-order valence-corrected chi connectivity index (χ2v) is 4.55. The van der Waals surface area contributed by atoms with Crippen LogP contribution in [0.2, 0.25) is 0 Å².